The predicted molar refractivity (Wildman–Crippen MR) is 90.8 cm³/mol. The number of benzene rings is 1. The Morgan fingerprint density at radius 3 is 2.42 bits per heavy atom. The molecule has 0 aliphatic heterocycles. The highest BCUT2D eigenvalue weighted by Gasteiger charge is 2.16. The van der Waals surface area contributed by atoms with Crippen molar-refractivity contribution < 1.29 is 4.39 Å². The lowest BCUT2D eigenvalue weighted by atomic mass is 10.1. The molecule has 0 unspecified atom stereocenters. The molecule has 24 heavy (non-hydrogen) atoms. The van der Waals surface area contributed by atoms with E-state index in [0.29, 0.717) is 0 Å². The van der Waals surface area contributed by atoms with Gasteiger partial charge < -0.3 is 5.73 Å². The van der Waals surface area contributed by atoms with E-state index < -0.39 is 0 Å². The van der Waals surface area contributed by atoms with Crippen LogP contribution in [-0.4, -0.2) is 19.4 Å². The summed E-state index contributed by atoms with van der Waals surface area (Å²) in [6.45, 7) is 2.01. The fraction of sp³-hybridized carbons (Fsp3) is 0.0556. The second-order valence-electron chi connectivity index (χ2n) is 5.58. The zero-order valence-electron chi connectivity index (χ0n) is 12.9. The predicted octanol–water partition coefficient (Wildman–Crippen LogP) is 3.49. The van der Waals surface area contributed by atoms with Crippen LogP contribution in [0.2, 0.25) is 0 Å². The van der Waals surface area contributed by atoms with E-state index in [1.54, 1.807) is 24.5 Å². The van der Waals surface area contributed by atoms with Crippen molar-refractivity contribution in [3.63, 3.8) is 0 Å². The Labute approximate surface area is 137 Å². The summed E-state index contributed by atoms with van der Waals surface area (Å²) in [6.07, 6.45) is 5.29. The molecule has 4 rings (SSSR count). The van der Waals surface area contributed by atoms with Gasteiger partial charge in [0.15, 0.2) is 0 Å². The lowest BCUT2D eigenvalue weighted by molar-refractivity contribution is 0.628. The quantitative estimate of drug-likeness (QED) is 0.614. The van der Waals surface area contributed by atoms with Crippen molar-refractivity contribution in [2.24, 2.45) is 0 Å². The van der Waals surface area contributed by atoms with Crippen molar-refractivity contribution in [2.75, 3.05) is 5.73 Å². The molecule has 3 heterocycles. The number of fused-ring (bicyclic) bond motifs is 1. The van der Waals surface area contributed by atoms with Gasteiger partial charge in [-0.2, -0.15) is 0 Å². The van der Waals surface area contributed by atoms with Crippen LogP contribution in [0.15, 0.2) is 55.0 Å². The molecule has 0 atom stereocenters. The molecule has 118 valence electrons. The van der Waals surface area contributed by atoms with Crippen LogP contribution in [0.25, 0.3) is 28.2 Å². The zero-order chi connectivity index (χ0) is 16.7. The molecule has 0 bridgehead atoms. The number of pyridine rings is 1. The van der Waals surface area contributed by atoms with E-state index in [2.05, 4.69) is 9.97 Å². The number of hydrogen-bond donors (Lipinski definition) is 1. The smallest absolute Gasteiger partial charge is 0.219 e. The van der Waals surface area contributed by atoms with Crippen LogP contribution >= 0.6 is 0 Å². The van der Waals surface area contributed by atoms with Crippen LogP contribution in [0.3, 0.4) is 0 Å². The van der Waals surface area contributed by atoms with Crippen LogP contribution in [0, 0.1) is 12.7 Å². The molecule has 0 aliphatic carbocycles. The van der Waals surface area contributed by atoms with Crippen LogP contribution in [-0.2, 0) is 0 Å². The maximum Gasteiger partial charge on any atom is 0.219 e. The number of imidazole rings is 1. The number of aryl methyl sites for hydroxylation is 1. The number of rotatable bonds is 2. The summed E-state index contributed by atoms with van der Waals surface area (Å²) in [6, 6.07) is 10.3. The second kappa shape index (κ2) is 5.42. The molecule has 0 amide bonds. The fourth-order valence-electron chi connectivity index (χ4n) is 2.69. The van der Waals surface area contributed by atoms with Crippen molar-refractivity contribution in [1.29, 1.82) is 0 Å². The summed E-state index contributed by atoms with van der Waals surface area (Å²) < 4.78 is 15.2. The SMILES string of the molecule is Cc1ccn2c(-c3cnc(N)nc3)c(-c3ccc(F)cc3)nc2c1. The van der Waals surface area contributed by atoms with Gasteiger partial charge in [-0.25, -0.2) is 19.3 Å². The molecule has 0 saturated carbocycles. The Bertz CT molecular complexity index is 1020. The molecule has 0 spiro atoms. The Hall–Kier alpha value is -3.28. The van der Waals surface area contributed by atoms with Crippen LogP contribution in [0.5, 0.6) is 0 Å². The summed E-state index contributed by atoms with van der Waals surface area (Å²) in [7, 11) is 0. The van der Waals surface area contributed by atoms with Gasteiger partial charge in [0.05, 0.1) is 11.4 Å². The highest BCUT2D eigenvalue weighted by Crippen LogP contribution is 2.32. The molecular formula is C18H14FN5. The van der Waals surface area contributed by atoms with Gasteiger partial charge in [-0.15, -0.1) is 0 Å². The van der Waals surface area contributed by atoms with Gasteiger partial charge in [0.1, 0.15) is 11.5 Å². The third-order valence-corrected chi connectivity index (χ3v) is 3.84. The molecule has 1 aromatic carbocycles. The van der Waals surface area contributed by atoms with Crippen molar-refractivity contribution in [3.05, 3.63) is 66.4 Å². The zero-order valence-corrected chi connectivity index (χ0v) is 12.9. The highest BCUT2D eigenvalue weighted by atomic mass is 19.1. The van der Waals surface area contributed by atoms with Crippen molar-refractivity contribution in [3.8, 4) is 22.5 Å². The Morgan fingerprint density at radius 1 is 1.00 bits per heavy atom. The number of nitrogen functional groups attached to an aromatic ring is 1. The monoisotopic (exact) mass is 319 g/mol. The van der Waals surface area contributed by atoms with Crippen molar-refractivity contribution in [2.45, 2.75) is 6.92 Å². The molecule has 4 aromatic rings. The third kappa shape index (κ3) is 2.38. The summed E-state index contributed by atoms with van der Waals surface area (Å²) in [5, 5.41) is 0. The molecule has 0 aliphatic rings. The average Bonchev–Trinajstić information content (AvgIpc) is 2.94. The van der Waals surface area contributed by atoms with E-state index in [9.17, 15) is 4.39 Å². The third-order valence-electron chi connectivity index (χ3n) is 3.84. The molecule has 3 aromatic heterocycles. The summed E-state index contributed by atoms with van der Waals surface area (Å²) in [4.78, 5) is 12.9. The minimum atomic E-state index is -0.282. The summed E-state index contributed by atoms with van der Waals surface area (Å²) >= 11 is 0. The normalized spacial score (nSPS) is 11.1. The van der Waals surface area contributed by atoms with Gasteiger partial charge in [-0.1, -0.05) is 0 Å². The van der Waals surface area contributed by atoms with Gasteiger partial charge in [-0.05, 0) is 48.9 Å². The molecular weight excluding hydrogens is 305 g/mol. The Kier molecular flexibility index (Phi) is 3.23. The molecule has 0 radical (unpaired) electrons. The first-order valence-corrected chi connectivity index (χ1v) is 7.44. The van der Waals surface area contributed by atoms with Crippen molar-refractivity contribution >= 4 is 11.6 Å². The first-order chi connectivity index (χ1) is 11.6. The summed E-state index contributed by atoms with van der Waals surface area (Å²) in [5.74, 6) is -0.0672. The number of hydrogen-bond acceptors (Lipinski definition) is 4. The maximum atomic E-state index is 13.3. The highest BCUT2D eigenvalue weighted by molar-refractivity contribution is 5.81. The van der Waals surface area contributed by atoms with Gasteiger partial charge in [0, 0.05) is 29.7 Å². The van der Waals surface area contributed by atoms with Crippen LogP contribution in [0.4, 0.5) is 10.3 Å². The van der Waals surface area contributed by atoms with Crippen molar-refractivity contribution in [1.82, 2.24) is 19.4 Å². The minimum Gasteiger partial charge on any atom is -0.368 e. The van der Waals surface area contributed by atoms with Gasteiger partial charge in [-0.3, -0.25) is 4.40 Å². The van der Waals surface area contributed by atoms with E-state index in [1.807, 2.05) is 29.7 Å². The average molecular weight is 319 g/mol. The maximum absolute atomic E-state index is 13.3. The van der Waals surface area contributed by atoms with Gasteiger partial charge >= 0.3 is 0 Å². The van der Waals surface area contributed by atoms with E-state index in [1.165, 1.54) is 12.1 Å². The molecule has 0 fully saturated rings. The first kappa shape index (κ1) is 14.3. The van der Waals surface area contributed by atoms with Gasteiger partial charge in [0.2, 0.25) is 5.95 Å². The van der Waals surface area contributed by atoms with Crippen LogP contribution in [0.1, 0.15) is 5.56 Å². The largest absolute Gasteiger partial charge is 0.368 e. The van der Waals surface area contributed by atoms with Crippen LogP contribution < -0.4 is 5.73 Å². The topological polar surface area (TPSA) is 69.1 Å². The lowest BCUT2D eigenvalue weighted by Gasteiger charge is -2.05. The molecule has 0 saturated heterocycles. The standard InChI is InChI=1S/C18H14FN5/c1-11-6-7-24-15(8-11)23-16(12-2-4-14(19)5-3-12)17(24)13-9-21-18(20)22-10-13/h2-10H,1H3,(H2,20,21,22). The first-order valence-electron chi connectivity index (χ1n) is 7.44. The molecule has 6 heteroatoms. The Balaban J connectivity index is 2.02. The van der Waals surface area contributed by atoms with Gasteiger partial charge in [0.25, 0.3) is 0 Å². The number of halogens is 1. The van der Waals surface area contributed by atoms with E-state index in [4.69, 9.17) is 10.7 Å². The molecule has 2 N–H and O–H groups in total. The second-order valence-corrected chi connectivity index (χ2v) is 5.58. The van der Waals surface area contributed by atoms with E-state index in [0.717, 1.165) is 33.7 Å². The molecule has 5 nitrogen and oxygen atoms in total. The number of aromatic nitrogens is 4. The number of nitrogens with two attached hydrogens (primary N) is 1. The lowest BCUT2D eigenvalue weighted by Crippen LogP contribution is -1.96. The summed E-state index contributed by atoms with van der Waals surface area (Å²) in [5.41, 5.74) is 10.7. The minimum absolute atomic E-state index is 0.215. The fourth-order valence-corrected chi connectivity index (χ4v) is 2.69. The van der Waals surface area contributed by atoms with E-state index >= 15 is 0 Å². The number of nitrogens with zero attached hydrogens (tertiary/aromatic N) is 4. The van der Waals surface area contributed by atoms with E-state index in [-0.39, 0.29) is 11.8 Å². The Morgan fingerprint density at radius 2 is 1.71 bits per heavy atom. The number of anilines is 1.